The molecule has 0 saturated carbocycles. The van der Waals surface area contributed by atoms with Crippen LogP contribution in [0.5, 0.6) is 0 Å². The Labute approximate surface area is 122 Å². The van der Waals surface area contributed by atoms with Gasteiger partial charge in [0.25, 0.3) is 0 Å². The molecule has 0 aliphatic rings. The zero-order valence-electron chi connectivity index (χ0n) is 10.5. The summed E-state index contributed by atoms with van der Waals surface area (Å²) in [6.45, 7) is -0.330. The second kappa shape index (κ2) is 6.32. The monoisotopic (exact) mass is 312 g/mol. The molecule has 7 heteroatoms. The number of aromatic nitrogens is 1. The number of rotatable bonds is 5. The molecule has 0 amide bonds. The maximum absolute atomic E-state index is 12.2. The maximum Gasteiger partial charge on any atom is 0.241 e. The van der Waals surface area contributed by atoms with Crippen LogP contribution < -0.4 is 4.72 Å². The molecule has 5 nitrogen and oxygen atoms in total. The predicted octanol–water partition coefficient (Wildman–Crippen LogP) is 1.67. The van der Waals surface area contributed by atoms with Crippen LogP contribution >= 0.6 is 11.6 Å². The highest BCUT2D eigenvalue weighted by atomic mass is 35.5. The molecule has 0 unspecified atom stereocenters. The number of halogens is 1. The molecule has 0 aliphatic heterocycles. The van der Waals surface area contributed by atoms with Crippen molar-refractivity contribution in [1.82, 2.24) is 9.71 Å². The first kappa shape index (κ1) is 14.9. The summed E-state index contributed by atoms with van der Waals surface area (Å²) in [4.78, 5) is 4.04. The van der Waals surface area contributed by atoms with Crippen molar-refractivity contribution in [2.75, 3.05) is 13.2 Å². The molecule has 0 fully saturated rings. The van der Waals surface area contributed by atoms with Gasteiger partial charge in [-0.05, 0) is 18.2 Å². The summed E-state index contributed by atoms with van der Waals surface area (Å²) < 4.78 is 26.8. The van der Waals surface area contributed by atoms with E-state index in [9.17, 15) is 8.42 Å². The van der Waals surface area contributed by atoms with E-state index in [1.54, 1.807) is 36.7 Å². The van der Waals surface area contributed by atoms with E-state index in [-0.39, 0.29) is 18.0 Å². The molecule has 106 valence electrons. The topological polar surface area (TPSA) is 79.3 Å². The van der Waals surface area contributed by atoms with Crippen LogP contribution in [0.25, 0.3) is 11.1 Å². The molecule has 1 aromatic carbocycles. The summed E-state index contributed by atoms with van der Waals surface area (Å²) in [5.41, 5.74) is 1.01. The highest BCUT2D eigenvalue weighted by Crippen LogP contribution is 2.33. The molecule has 0 aliphatic carbocycles. The van der Waals surface area contributed by atoms with Gasteiger partial charge in [0.1, 0.15) is 0 Å². The van der Waals surface area contributed by atoms with Crippen molar-refractivity contribution in [3.05, 3.63) is 47.7 Å². The minimum absolute atomic E-state index is 0.0542. The van der Waals surface area contributed by atoms with Crippen LogP contribution in [-0.2, 0) is 10.0 Å². The van der Waals surface area contributed by atoms with Crippen LogP contribution in [0, 0.1) is 0 Å². The molecule has 1 heterocycles. The van der Waals surface area contributed by atoms with E-state index in [2.05, 4.69) is 9.71 Å². The number of benzene rings is 1. The third kappa shape index (κ3) is 3.16. The Kier molecular flexibility index (Phi) is 4.72. The highest BCUT2D eigenvalue weighted by molar-refractivity contribution is 7.89. The third-order valence-corrected chi connectivity index (χ3v) is 4.44. The van der Waals surface area contributed by atoms with Crippen molar-refractivity contribution in [3.8, 4) is 11.1 Å². The van der Waals surface area contributed by atoms with Crippen LogP contribution in [0.4, 0.5) is 0 Å². The zero-order chi connectivity index (χ0) is 14.6. The average Bonchev–Trinajstić information content (AvgIpc) is 2.46. The summed E-state index contributed by atoms with van der Waals surface area (Å²) >= 11 is 6.13. The van der Waals surface area contributed by atoms with Crippen LogP contribution in [0.1, 0.15) is 0 Å². The molecule has 0 radical (unpaired) electrons. The standard InChI is InChI=1S/C13H13ClN2O3S/c14-11-4-1-5-12(20(18,19)16-7-8-17)13(11)10-3-2-6-15-9-10/h1-6,9,16-17H,7-8H2. The van der Waals surface area contributed by atoms with Gasteiger partial charge in [-0.3, -0.25) is 4.98 Å². The minimum atomic E-state index is -3.75. The van der Waals surface area contributed by atoms with Crippen LogP contribution in [0.3, 0.4) is 0 Å². The summed E-state index contributed by atoms with van der Waals surface area (Å²) in [5, 5.41) is 9.08. The molecular formula is C13H13ClN2O3S. The van der Waals surface area contributed by atoms with Gasteiger partial charge in [-0.2, -0.15) is 0 Å². The van der Waals surface area contributed by atoms with Gasteiger partial charge < -0.3 is 5.11 Å². The molecule has 0 spiro atoms. The Morgan fingerprint density at radius 2 is 2.05 bits per heavy atom. The number of aliphatic hydroxyl groups excluding tert-OH is 1. The lowest BCUT2D eigenvalue weighted by molar-refractivity contribution is 0.301. The smallest absolute Gasteiger partial charge is 0.241 e. The Balaban J connectivity index is 2.58. The van der Waals surface area contributed by atoms with E-state index in [0.717, 1.165) is 0 Å². The minimum Gasteiger partial charge on any atom is -0.395 e. The van der Waals surface area contributed by atoms with Gasteiger partial charge in [-0.1, -0.05) is 23.7 Å². The van der Waals surface area contributed by atoms with E-state index in [1.807, 2.05) is 0 Å². The van der Waals surface area contributed by atoms with Gasteiger partial charge in [0.15, 0.2) is 0 Å². The van der Waals surface area contributed by atoms with E-state index in [1.165, 1.54) is 6.07 Å². The van der Waals surface area contributed by atoms with Gasteiger partial charge in [-0.15, -0.1) is 0 Å². The Bertz CT molecular complexity index is 690. The number of pyridine rings is 1. The molecule has 0 saturated heterocycles. The lowest BCUT2D eigenvalue weighted by atomic mass is 10.1. The normalized spacial score (nSPS) is 11.5. The first-order chi connectivity index (χ1) is 9.56. The third-order valence-electron chi connectivity index (χ3n) is 2.62. The number of nitrogens with zero attached hydrogens (tertiary/aromatic N) is 1. The number of hydrogen-bond acceptors (Lipinski definition) is 4. The van der Waals surface area contributed by atoms with Crippen molar-refractivity contribution in [3.63, 3.8) is 0 Å². The van der Waals surface area contributed by atoms with Crippen molar-refractivity contribution < 1.29 is 13.5 Å². The van der Waals surface area contributed by atoms with Gasteiger partial charge in [-0.25, -0.2) is 13.1 Å². The Hall–Kier alpha value is -1.47. The summed E-state index contributed by atoms with van der Waals surface area (Å²) in [5.74, 6) is 0. The quantitative estimate of drug-likeness (QED) is 0.880. The number of nitrogens with one attached hydrogen (secondary N) is 1. The number of sulfonamides is 1. The van der Waals surface area contributed by atoms with Crippen LogP contribution in [0.2, 0.25) is 5.02 Å². The van der Waals surface area contributed by atoms with Gasteiger partial charge in [0, 0.05) is 35.1 Å². The predicted molar refractivity (Wildman–Crippen MR) is 77.0 cm³/mol. The maximum atomic E-state index is 12.2. The number of aliphatic hydroxyl groups is 1. The Morgan fingerprint density at radius 3 is 2.70 bits per heavy atom. The van der Waals surface area contributed by atoms with E-state index >= 15 is 0 Å². The molecule has 0 atom stereocenters. The largest absolute Gasteiger partial charge is 0.395 e. The van der Waals surface area contributed by atoms with E-state index in [4.69, 9.17) is 16.7 Å². The van der Waals surface area contributed by atoms with Crippen molar-refractivity contribution >= 4 is 21.6 Å². The summed E-state index contributed by atoms with van der Waals surface area (Å²) in [6, 6.07) is 8.09. The lowest BCUT2D eigenvalue weighted by Crippen LogP contribution is -2.27. The van der Waals surface area contributed by atoms with Crippen molar-refractivity contribution in [1.29, 1.82) is 0 Å². The van der Waals surface area contributed by atoms with Gasteiger partial charge in [0.2, 0.25) is 10.0 Å². The Morgan fingerprint density at radius 1 is 1.25 bits per heavy atom. The van der Waals surface area contributed by atoms with Crippen LogP contribution in [0.15, 0.2) is 47.6 Å². The molecular weight excluding hydrogens is 300 g/mol. The van der Waals surface area contributed by atoms with Gasteiger partial charge >= 0.3 is 0 Å². The highest BCUT2D eigenvalue weighted by Gasteiger charge is 2.21. The van der Waals surface area contributed by atoms with E-state index < -0.39 is 10.0 Å². The molecule has 2 aromatic rings. The first-order valence-electron chi connectivity index (χ1n) is 5.85. The first-order valence-corrected chi connectivity index (χ1v) is 7.72. The fourth-order valence-corrected chi connectivity index (χ4v) is 3.39. The lowest BCUT2D eigenvalue weighted by Gasteiger charge is -2.12. The van der Waals surface area contributed by atoms with Crippen molar-refractivity contribution in [2.45, 2.75) is 4.90 Å². The zero-order valence-corrected chi connectivity index (χ0v) is 12.0. The summed E-state index contributed by atoms with van der Waals surface area (Å²) in [7, 11) is -3.75. The molecule has 2 rings (SSSR count). The SMILES string of the molecule is O=S(=O)(NCCO)c1cccc(Cl)c1-c1cccnc1. The van der Waals surface area contributed by atoms with Gasteiger partial charge in [0.05, 0.1) is 11.5 Å². The summed E-state index contributed by atoms with van der Waals surface area (Å²) in [6.07, 6.45) is 3.14. The molecule has 0 bridgehead atoms. The van der Waals surface area contributed by atoms with E-state index in [0.29, 0.717) is 16.1 Å². The molecule has 2 N–H and O–H groups in total. The molecule has 20 heavy (non-hydrogen) atoms. The fourth-order valence-electron chi connectivity index (χ4n) is 1.78. The second-order valence-corrected chi connectivity index (χ2v) is 6.12. The average molecular weight is 313 g/mol. The van der Waals surface area contributed by atoms with Crippen molar-refractivity contribution in [2.24, 2.45) is 0 Å². The second-order valence-electron chi connectivity index (χ2n) is 3.98. The molecule has 1 aromatic heterocycles. The van der Waals surface area contributed by atoms with Crippen LogP contribution in [-0.4, -0.2) is 31.7 Å². The fraction of sp³-hybridized carbons (Fsp3) is 0.154. The number of hydrogen-bond donors (Lipinski definition) is 2.